The van der Waals surface area contributed by atoms with Gasteiger partial charge in [0, 0.05) is 23.9 Å². The van der Waals surface area contributed by atoms with Crippen LogP contribution in [0.25, 0.3) is 0 Å². The van der Waals surface area contributed by atoms with Crippen molar-refractivity contribution in [2.75, 3.05) is 12.8 Å². The number of rotatable bonds is 7. The molecule has 0 aromatic heterocycles. The van der Waals surface area contributed by atoms with Gasteiger partial charge in [-0.25, -0.2) is 17.2 Å². The summed E-state index contributed by atoms with van der Waals surface area (Å²) in [6.45, 7) is 3.57. The molecule has 1 saturated carbocycles. The van der Waals surface area contributed by atoms with E-state index in [0.29, 0.717) is 12.5 Å². The molecule has 1 aliphatic heterocycles. The SMILES string of the molecule is CC[C@@H]1C[C@H](C(=O)N[C@@H](c2cc(F)c(C(F)(F)F)cc2F)C2CC(C)(O)C2)N(C(=O)c2cccc(S(C)(=O)=O)c2)C1. The van der Waals surface area contributed by atoms with Crippen LogP contribution in [0.15, 0.2) is 41.3 Å². The van der Waals surface area contributed by atoms with E-state index >= 15 is 4.39 Å². The molecule has 1 saturated heterocycles. The summed E-state index contributed by atoms with van der Waals surface area (Å²) in [4.78, 5) is 28.3. The zero-order valence-electron chi connectivity index (χ0n) is 22.6. The Labute approximate surface area is 234 Å². The molecule has 2 fully saturated rings. The van der Waals surface area contributed by atoms with Gasteiger partial charge in [-0.1, -0.05) is 19.4 Å². The lowest BCUT2D eigenvalue weighted by molar-refractivity contribution is -0.140. The number of aliphatic hydroxyl groups is 1. The molecule has 2 N–H and O–H groups in total. The summed E-state index contributed by atoms with van der Waals surface area (Å²) in [5.41, 5.74) is -3.38. The molecule has 7 nitrogen and oxygen atoms in total. The number of carbonyl (C=O) groups excluding carboxylic acids is 2. The monoisotopic (exact) mass is 602 g/mol. The minimum atomic E-state index is -5.13. The molecule has 2 aliphatic rings. The van der Waals surface area contributed by atoms with Gasteiger partial charge in [-0.3, -0.25) is 9.59 Å². The third-order valence-corrected chi connectivity index (χ3v) is 9.05. The first-order chi connectivity index (χ1) is 18.9. The van der Waals surface area contributed by atoms with E-state index in [1.165, 1.54) is 36.1 Å². The fraction of sp³-hybridized carbons (Fsp3) is 0.500. The number of hydrogen-bond donors (Lipinski definition) is 2. The molecule has 2 amide bonds. The lowest BCUT2D eigenvalue weighted by Crippen LogP contribution is -2.52. The Kier molecular flexibility index (Phi) is 8.27. The average molecular weight is 603 g/mol. The summed E-state index contributed by atoms with van der Waals surface area (Å²) in [7, 11) is -3.62. The van der Waals surface area contributed by atoms with Gasteiger partial charge < -0.3 is 15.3 Å². The second-order valence-electron chi connectivity index (χ2n) is 11.3. The molecule has 2 aromatic carbocycles. The Hall–Kier alpha value is -3.06. The van der Waals surface area contributed by atoms with Crippen molar-refractivity contribution in [1.29, 1.82) is 0 Å². The van der Waals surface area contributed by atoms with Gasteiger partial charge in [-0.15, -0.1) is 0 Å². The summed E-state index contributed by atoms with van der Waals surface area (Å²) in [6.07, 6.45) is -3.14. The van der Waals surface area contributed by atoms with E-state index in [0.717, 1.165) is 6.26 Å². The molecule has 13 heteroatoms. The molecule has 0 unspecified atom stereocenters. The Morgan fingerprint density at radius 3 is 2.37 bits per heavy atom. The first-order valence-corrected chi connectivity index (χ1v) is 15.0. The van der Waals surface area contributed by atoms with Gasteiger partial charge in [-0.05, 0) is 68.4 Å². The van der Waals surface area contributed by atoms with E-state index in [1.54, 1.807) is 0 Å². The predicted octanol–water partition coefficient (Wildman–Crippen LogP) is 4.65. The molecular weight excluding hydrogens is 571 g/mol. The topological polar surface area (TPSA) is 104 Å². The Balaban J connectivity index is 1.66. The number of nitrogens with zero attached hydrogens (tertiary/aromatic N) is 1. The summed E-state index contributed by atoms with van der Waals surface area (Å²) < 4.78 is 93.0. The smallest absolute Gasteiger partial charge is 0.390 e. The van der Waals surface area contributed by atoms with Gasteiger partial charge in [0.15, 0.2) is 9.84 Å². The maximum Gasteiger partial charge on any atom is 0.419 e. The molecule has 3 atom stereocenters. The normalized spacial score (nSPS) is 25.5. The van der Waals surface area contributed by atoms with Crippen molar-refractivity contribution in [3.05, 3.63) is 64.7 Å². The minimum Gasteiger partial charge on any atom is -0.390 e. The second kappa shape index (κ2) is 11.0. The van der Waals surface area contributed by atoms with Gasteiger partial charge in [0.25, 0.3) is 5.91 Å². The third kappa shape index (κ3) is 6.56. The van der Waals surface area contributed by atoms with Crippen molar-refractivity contribution in [2.45, 2.75) is 68.3 Å². The van der Waals surface area contributed by atoms with E-state index in [1.807, 2.05) is 6.92 Å². The van der Waals surface area contributed by atoms with E-state index < -0.39 is 74.2 Å². The van der Waals surface area contributed by atoms with Crippen LogP contribution in [0.4, 0.5) is 22.0 Å². The average Bonchev–Trinajstić information content (AvgIpc) is 3.30. The largest absolute Gasteiger partial charge is 0.419 e. The van der Waals surface area contributed by atoms with Crippen molar-refractivity contribution in [1.82, 2.24) is 10.2 Å². The molecule has 0 radical (unpaired) electrons. The summed E-state index contributed by atoms with van der Waals surface area (Å²) in [5, 5.41) is 12.9. The molecule has 224 valence electrons. The highest BCUT2D eigenvalue weighted by Gasteiger charge is 2.47. The molecule has 0 bridgehead atoms. The van der Waals surface area contributed by atoms with Gasteiger partial charge in [-0.2, -0.15) is 13.2 Å². The van der Waals surface area contributed by atoms with Crippen molar-refractivity contribution < 1.29 is 45.1 Å². The molecule has 0 spiro atoms. The first-order valence-electron chi connectivity index (χ1n) is 13.1. The quantitative estimate of drug-likeness (QED) is 0.450. The Morgan fingerprint density at radius 1 is 1.15 bits per heavy atom. The number of likely N-dealkylation sites (tertiary alicyclic amines) is 1. The first kappa shape index (κ1) is 30.9. The zero-order valence-corrected chi connectivity index (χ0v) is 23.5. The number of carbonyl (C=O) groups is 2. The lowest BCUT2D eigenvalue weighted by Gasteiger charge is -2.45. The van der Waals surface area contributed by atoms with Gasteiger partial charge in [0.05, 0.1) is 22.1 Å². The molecule has 41 heavy (non-hydrogen) atoms. The molecule has 1 aliphatic carbocycles. The number of benzene rings is 2. The van der Waals surface area contributed by atoms with Gasteiger partial charge >= 0.3 is 6.18 Å². The highest BCUT2D eigenvalue weighted by Crippen LogP contribution is 2.46. The number of halogens is 5. The van der Waals surface area contributed by atoms with Crippen LogP contribution < -0.4 is 5.32 Å². The summed E-state index contributed by atoms with van der Waals surface area (Å²) in [5.74, 6) is -5.08. The summed E-state index contributed by atoms with van der Waals surface area (Å²) >= 11 is 0. The van der Waals surface area contributed by atoms with Gasteiger partial charge in [0.1, 0.15) is 17.7 Å². The van der Waals surface area contributed by atoms with Crippen LogP contribution in [0.2, 0.25) is 0 Å². The van der Waals surface area contributed by atoms with Crippen LogP contribution >= 0.6 is 0 Å². The van der Waals surface area contributed by atoms with Crippen LogP contribution in [0, 0.1) is 23.5 Å². The highest BCUT2D eigenvalue weighted by atomic mass is 32.2. The van der Waals surface area contributed by atoms with E-state index in [4.69, 9.17) is 0 Å². The fourth-order valence-corrected chi connectivity index (χ4v) is 6.41. The zero-order chi connectivity index (χ0) is 30.5. The maximum atomic E-state index is 15.0. The number of amides is 2. The van der Waals surface area contributed by atoms with Crippen molar-refractivity contribution in [2.24, 2.45) is 11.8 Å². The van der Waals surface area contributed by atoms with Crippen LogP contribution in [0.1, 0.15) is 67.1 Å². The molecule has 4 rings (SSSR count). The predicted molar refractivity (Wildman–Crippen MR) is 138 cm³/mol. The lowest BCUT2D eigenvalue weighted by atomic mass is 9.67. The van der Waals surface area contributed by atoms with Gasteiger partial charge in [0.2, 0.25) is 5.91 Å². The molecule has 1 heterocycles. The van der Waals surface area contributed by atoms with Crippen molar-refractivity contribution >= 4 is 21.7 Å². The number of alkyl halides is 3. The van der Waals surface area contributed by atoms with Crippen molar-refractivity contribution in [3.63, 3.8) is 0 Å². The number of nitrogens with one attached hydrogen (secondary N) is 1. The maximum absolute atomic E-state index is 15.0. The fourth-order valence-electron chi connectivity index (χ4n) is 5.74. The van der Waals surface area contributed by atoms with E-state index in [-0.39, 0.29) is 48.3 Å². The Bertz CT molecular complexity index is 1450. The molecule has 2 aromatic rings. The Morgan fingerprint density at radius 2 is 1.80 bits per heavy atom. The van der Waals surface area contributed by atoms with E-state index in [9.17, 15) is 40.7 Å². The van der Waals surface area contributed by atoms with E-state index in [2.05, 4.69) is 5.32 Å². The summed E-state index contributed by atoms with van der Waals surface area (Å²) in [6, 6.07) is 3.52. The van der Waals surface area contributed by atoms with Crippen LogP contribution in [0.3, 0.4) is 0 Å². The number of sulfone groups is 1. The third-order valence-electron chi connectivity index (χ3n) is 7.94. The van der Waals surface area contributed by atoms with Crippen LogP contribution in [-0.2, 0) is 20.8 Å². The molecular formula is C28H31F5N2O5S. The van der Waals surface area contributed by atoms with Crippen molar-refractivity contribution in [3.8, 4) is 0 Å². The number of hydrogen-bond acceptors (Lipinski definition) is 5. The standard InChI is InChI=1S/C28H31F5N2O5S/c1-4-15-8-23(35(14-15)26(37)16-6-5-7-18(9-16)41(3,39)40)25(36)34-24(17-12-27(2,38)13-17)19-10-22(30)20(11-21(19)29)28(31,32)33/h5-7,9-11,15,17,23-24,38H,4,8,12-14H2,1-3H3,(H,34,36)/t15-,17?,23-,24-,27?/m1/s1. The van der Waals surface area contributed by atoms with Crippen LogP contribution in [-0.4, -0.2) is 54.7 Å². The van der Waals surface area contributed by atoms with Crippen LogP contribution in [0.5, 0.6) is 0 Å². The highest BCUT2D eigenvalue weighted by molar-refractivity contribution is 7.90. The second-order valence-corrected chi connectivity index (χ2v) is 13.3. The minimum absolute atomic E-state index is 0.0462.